The second-order valence-electron chi connectivity index (χ2n) is 3.62. The highest BCUT2D eigenvalue weighted by atomic mass is 79.9. The van der Waals surface area contributed by atoms with Gasteiger partial charge in [-0.2, -0.15) is 5.26 Å². The van der Waals surface area contributed by atoms with Crippen molar-refractivity contribution >= 4 is 43.2 Å². The van der Waals surface area contributed by atoms with E-state index < -0.39 is 11.6 Å². The van der Waals surface area contributed by atoms with Gasteiger partial charge in [0, 0.05) is 4.47 Å². The van der Waals surface area contributed by atoms with Crippen LogP contribution in [0, 0.1) is 23.0 Å². The molecule has 6 heteroatoms. The number of halogens is 4. The van der Waals surface area contributed by atoms with Gasteiger partial charge in [-0.1, -0.05) is 6.07 Å². The van der Waals surface area contributed by atoms with E-state index in [1.54, 1.807) is 6.07 Å². The van der Waals surface area contributed by atoms with Crippen LogP contribution < -0.4 is 5.32 Å². The highest BCUT2D eigenvalue weighted by Crippen LogP contribution is 2.32. The molecule has 0 radical (unpaired) electrons. The van der Waals surface area contributed by atoms with Gasteiger partial charge in [0.2, 0.25) is 0 Å². The topological polar surface area (TPSA) is 35.8 Å². The van der Waals surface area contributed by atoms with Gasteiger partial charge < -0.3 is 5.32 Å². The molecule has 19 heavy (non-hydrogen) atoms. The largest absolute Gasteiger partial charge is 0.350 e. The summed E-state index contributed by atoms with van der Waals surface area (Å²) in [6.45, 7) is 0. The molecule has 0 saturated carbocycles. The van der Waals surface area contributed by atoms with Crippen LogP contribution in [0.3, 0.4) is 0 Å². The number of hydrogen-bond acceptors (Lipinski definition) is 2. The normalized spacial score (nSPS) is 10.1. The molecule has 0 amide bonds. The molecule has 0 heterocycles. The zero-order chi connectivity index (χ0) is 14.0. The first-order valence-corrected chi connectivity index (χ1v) is 6.72. The van der Waals surface area contributed by atoms with Gasteiger partial charge in [-0.15, -0.1) is 0 Å². The van der Waals surface area contributed by atoms with E-state index in [9.17, 15) is 8.78 Å². The van der Waals surface area contributed by atoms with Gasteiger partial charge in [0.05, 0.1) is 21.4 Å². The summed E-state index contributed by atoms with van der Waals surface area (Å²) in [4.78, 5) is 0. The Morgan fingerprint density at radius 3 is 2.47 bits per heavy atom. The molecule has 0 aliphatic carbocycles. The van der Waals surface area contributed by atoms with Gasteiger partial charge in [0.25, 0.3) is 0 Å². The number of nitrogens with one attached hydrogen (secondary N) is 1. The van der Waals surface area contributed by atoms with E-state index in [0.717, 1.165) is 0 Å². The van der Waals surface area contributed by atoms with E-state index in [0.29, 0.717) is 4.47 Å². The first-order valence-electron chi connectivity index (χ1n) is 5.13. The second-order valence-corrected chi connectivity index (χ2v) is 5.27. The third-order valence-corrected chi connectivity index (χ3v) is 3.86. The molecule has 2 rings (SSSR count). The van der Waals surface area contributed by atoms with Crippen molar-refractivity contribution in [2.75, 3.05) is 5.32 Å². The molecule has 2 aromatic rings. The number of nitrogens with zero attached hydrogens (tertiary/aromatic N) is 1. The van der Waals surface area contributed by atoms with Gasteiger partial charge in [-0.25, -0.2) is 8.78 Å². The summed E-state index contributed by atoms with van der Waals surface area (Å²) in [5, 5.41) is 11.4. The Bertz CT molecular complexity index is 661. The summed E-state index contributed by atoms with van der Waals surface area (Å²) < 4.78 is 28.2. The molecule has 96 valence electrons. The zero-order valence-electron chi connectivity index (χ0n) is 9.35. The Morgan fingerprint density at radius 2 is 1.84 bits per heavy atom. The second kappa shape index (κ2) is 5.68. The minimum absolute atomic E-state index is 0.0486. The van der Waals surface area contributed by atoms with Crippen LogP contribution >= 0.6 is 31.9 Å². The van der Waals surface area contributed by atoms with Crippen molar-refractivity contribution in [1.29, 1.82) is 5.26 Å². The van der Waals surface area contributed by atoms with E-state index >= 15 is 0 Å². The number of hydrogen-bond donors (Lipinski definition) is 1. The molecule has 0 aliphatic heterocycles. The predicted molar refractivity (Wildman–Crippen MR) is 76.2 cm³/mol. The Morgan fingerprint density at radius 1 is 1.11 bits per heavy atom. The summed E-state index contributed by atoms with van der Waals surface area (Å²) in [6, 6.07) is 9.13. The molecular weight excluding hydrogens is 382 g/mol. The minimum Gasteiger partial charge on any atom is -0.350 e. The van der Waals surface area contributed by atoms with Crippen LogP contribution in [0.25, 0.3) is 0 Å². The van der Waals surface area contributed by atoms with Crippen LogP contribution in [0.5, 0.6) is 0 Å². The minimum atomic E-state index is -0.644. The van der Waals surface area contributed by atoms with Crippen molar-refractivity contribution in [3.8, 4) is 6.07 Å². The monoisotopic (exact) mass is 386 g/mol. The van der Waals surface area contributed by atoms with Crippen LogP contribution in [0.2, 0.25) is 0 Å². The van der Waals surface area contributed by atoms with Crippen molar-refractivity contribution in [2.24, 2.45) is 0 Å². The maximum absolute atomic E-state index is 14.0. The molecule has 0 saturated heterocycles. The number of benzene rings is 2. The van der Waals surface area contributed by atoms with Gasteiger partial charge in [0.1, 0.15) is 11.9 Å². The van der Waals surface area contributed by atoms with Gasteiger partial charge in [0.15, 0.2) is 5.82 Å². The molecule has 0 aliphatic rings. The number of rotatable bonds is 2. The van der Waals surface area contributed by atoms with Crippen LogP contribution in [0.1, 0.15) is 5.56 Å². The number of para-hydroxylation sites is 1. The summed E-state index contributed by atoms with van der Waals surface area (Å²) in [5.74, 6) is -1.15. The Labute approximate surface area is 125 Å². The van der Waals surface area contributed by atoms with E-state index in [1.807, 2.05) is 6.07 Å². The Balaban J connectivity index is 2.46. The quantitative estimate of drug-likeness (QED) is 0.777. The van der Waals surface area contributed by atoms with Gasteiger partial charge in [-0.05, 0) is 56.1 Å². The SMILES string of the molecule is N#Cc1ccc(Nc2c(F)cccc2Br)c(F)c1Br. The highest BCUT2D eigenvalue weighted by Gasteiger charge is 2.14. The fourth-order valence-corrected chi connectivity index (χ4v) is 2.36. The lowest BCUT2D eigenvalue weighted by Crippen LogP contribution is -1.99. The third-order valence-electron chi connectivity index (χ3n) is 2.43. The van der Waals surface area contributed by atoms with E-state index in [4.69, 9.17) is 5.26 Å². The maximum Gasteiger partial charge on any atom is 0.162 e. The molecule has 0 spiro atoms. The number of nitriles is 1. The van der Waals surface area contributed by atoms with Crippen LogP contribution in [-0.4, -0.2) is 0 Å². The van der Waals surface area contributed by atoms with Gasteiger partial charge >= 0.3 is 0 Å². The smallest absolute Gasteiger partial charge is 0.162 e. The molecule has 0 aromatic heterocycles. The summed E-state index contributed by atoms with van der Waals surface area (Å²) in [5.41, 5.74) is 0.394. The molecule has 1 N–H and O–H groups in total. The fourth-order valence-electron chi connectivity index (χ4n) is 1.48. The van der Waals surface area contributed by atoms with E-state index in [2.05, 4.69) is 37.2 Å². The first-order chi connectivity index (χ1) is 9.04. The summed E-state index contributed by atoms with van der Waals surface area (Å²) in [7, 11) is 0. The van der Waals surface area contributed by atoms with Crippen molar-refractivity contribution in [2.45, 2.75) is 0 Å². The average Bonchev–Trinajstić information content (AvgIpc) is 2.39. The summed E-state index contributed by atoms with van der Waals surface area (Å²) in [6.07, 6.45) is 0. The Hall–Kier alpha value is -1.45. The van der Waals surface area contributed by atoms with E-state index in [-0.39, 0.29) is 21.4 Å². The highest BCUT2D eigenvalue weighted by molar-refractivity contribution is 9.11. The first kappa shape index (κ1) is 14.0. The average molecular weight is 388 g/mol. The van der Waals surface area contributed by atoms with Crippen molar-refractivity contribution in [3.05, 3.63) is 56.5 Å². The fraction of sp³-hybridized carbons (Fsp3) is 0. The van der Waals surface area contributed by atoms with Gasteiger partial charge in [-0.3, -0.25) is 0 Å². The predicted octanol–water partition coefficient (Wildman–Crippen LogP) is 5.11. The third kappa shape index (κ3) is 2.77. The number of anilines is 2. The lowest BCUT2D eigenvalue weighted by atomic mass is 10.2. The molecule has 2 nitrogen and oxygen atoms in total. The maximum atomic E-state index is 14.0. The molecule has 0 unspecified atom stereocenters. The van der Waals surface area contributed by atoms with Crippen LogP contribution in [0.15, 0.2) is 39.3 Å². The molecule has 0 fully saturated rings. The lowest BCUT2D eigenvalue weighted by molar-refractivity contribution is 0.620. The Kier molecular flexibility index (Phi) is 4.17. The summed E-state index contributed by atoms with van der Waals surface area (Å²) >= 11 is 6.19. The molecule has 0 atom stereocenters. The zero-order valence-corrected chi connectivity index (χ0v) is 12.5. The van der Waals surface area contributed by atoms with Crippen molar-refractivity contribution in [1.82, 2.24) is 0 Å². The lowest BCUT2D eigenvalue weighted by Gasteiger charge is -2.11. The molecule has 2 aromatic carbocycles. The standard InChI is InChI=1S/C13H6Br2F2N2/c14-8-2-1-3-9(16)13(8)19-10-5-4-7(6-18)11(15)12(10)17/h1-5,19H. The van der Waals surface area contributed by atoms with Crippen molar-refractivity contribution in [3.63, 3.8) is 0 Å². The van der Waals surface area contributed by atoms with E-state index in [1.165, 1.54) is 24.3 Å². The molecule has 0 bridgehead atoms. The van der Waals surface area contributed by atoms with Crippen LogP contribution in [-0.2, 0) is 0 Å². The van der Waals surface area contributed by atoms with Crippen molar-refractivity contribution < 1.29 is 8.78 Å². The molecular formula is C13H6Br2F2N2. The van der Waals surface area contributed by atoms with Crippen LogP contribution in [0.4, 0.5) is 20.2 Å².